The molecule has 0 aromatic heterocycles. The van der Waals surface area contributed by atoms with Crippen molar-refractivity contribution in [2.75, 3.05) is 0 Å². The molecule has 0 radical (unpaired) electrons. The second-order valence-corrected chi connectivity index (χ2v) is 3.87. The molecule has 0 aromatic rings. The van der Waals surface area contributed by atoms with Gasteiger partial charge in [-0.05, 0) is 24.5 Å². The van der Waals surface area contributed by atoms with E-state index in [1.807, 2.05) is 19.1 Å². The summed E-state index contributed by atoms with van der Waals surface area (Å²) in [6, 6.07) is 0. The molecule has 1 atom stereocenters. The highest BCUT2D eigenvalue weighted by molar-refractivity contribution is 6.28. The lowest BCUT2D eigenvalue weighted by Gasteiger charge is -2.11. The summed E-state index contributed by atoms with van der Waals surface area (Å²) in [6.45, 7) is 7.16. The first-order chi connectivity index (χ1) is 8.04. The summed E-state index contributed by atoms with van der Waals surface area (Å²) in [5.74, 6) is 0. The zero-order chi connectivity index (χ0) is 13.3. The second kappa shape index (κ2) is 8.62. The van der Waals surface area contributed by atoms with Crippen LogP contribution in [0.1, 0.15) is 33.1 Å². The van der Waals surface area contributed by atoms with E-state index in [9.17, 15) is 4.39 Å². The highest BCUT2D eigenvalue weighted by Crippen LogP contribution is 2.21. The third-order valence-corrected chi connectivity index (χ3v) is 2.36. The molecule has 0 saturated carbocycles. The van der Waals surface area contributed by atoms with Crippen LogP contribution in [0.5, 0.6) is 0 Å². The first-order valence-electron chi connectivity index (χ1n) is 5.78. The van der Waals surface area contributed by atoms with Crippen LogP contribution in [0.4, 0.5) is 4.39 Å². The van der Waals surface area contributed by atoms with Crippen molar-refractivity contribution in [3.05, 3.63) is 36.0 Å². The van der Waals surface area contributed by atoms with Gasteiger partial charge in [-0.15, -0.1) is 0 Å². The Bertz CT molecular complexity index is 338. The van der Waals surface area contributed by atoms with E-state index in [4.69, 9.17) is 10.8 Å². The normalized spacial score (nSPS) is 14.3. The smallest absolute Gasteiger partial charge is 0.101 e. The largest absolute Gasteiger partial charge is 0.307 e. The zero-order valence-corrected chi connectivity index (χ0v) is 10.6. The van der Waals surface area contributed by atoms with Gasteiger partial charge in [0.1, 0.15) is 6.17 Å². The van der Waals surface area contributed by atoms with Crippen molar-refractivity contribution >= 4 is 11.9 Å². The molecule has 0 bridgehead atoms. The van der Waals surface area contributed by atoms with Crippen molar-refractivity contribution in [1.29, 1.82) is 10.8 Å². The molecule has 0 spiro atoms. The van der Waals surface area contributed by atoms with Gasteiger partial charge in [0.25, 0.3) is 0 Å². The molecular weight excluding hydrogens is 215 g/mol. The van der Waals surface area contributed by atoms with Gasteiger partial charge in [0.2, 0.25) is 0 Å². The lowest BCUT2D eigenvalue weighted by Crippen LogP contribution is -2.00. The molecular formula is C14H21FN2. The van der Waals surface area contributed by atoms with E-state index in [1.54, 1.807) is 6.08 Å². The van der Waals surface area contributed by atoms with Gasteiger partial charge in [0, 0.05) is 19.1 Å². The number of alkyl halides is 1. The number of halogens is 1. The molecule has 0 aliphatic rings. The fourth-order valence-corrected chi connectivity index (χ4v) is 1.55. The third-order valence-electron chi connectivity index (χ3n) is 2.36. The molecule has 0 fully saturated rings. The van der Waals surface area contributed by atoms with Gasteiger partial charge in [-0.1, -0.05) is 31.7 Å². The number of hydrogen-bond donors (Lipinski definition) is 2. The minimum atomic E-state index is -0.890. The van der Waals surface area contributed by atoms with Crippen LogP contribution < -0.4 is 0 Å². The molecule has 2 N–H and O–H groups in total. The van der Waals surface area contributed by atoms with E-state index in [0.717, 1.165) is 23.8 Å². The highest BCUT2D eigenvalue weighted by atomic mass is 19.1. The van der Waals surface area contributed by atoms with Gasteiger partial charge in [-0.25, -0.2) is 4.39 Å². The number of hydrogen-bond acceptors (Lipinski definition) is 2. The first-order valence-corrected chi connectivity index (χ1v) is 5.78. The second-order valence-electron chi connectivity index (χ2n) is 3.87. The molecule has 94 valence electrons. The Morgan fingerprint density at radius 1 is 1.41 bits per heavy atom. The fourth-order valence-electron chi connectivity index (χ4n) is 1.55. The van der Waals surface area contributed by atoms with Crippen LogP contribution in [0.25, 0.3) is 0 Å². The maximum absolute atomic E-state index is 13.1. The molecule has 0 heterocycles. The van der Waals surface area contributed by atoms with Crippen LogP contribution >= 0.6 is 0 Å². The Kier molecular flexibility index (Phi) is 7.85. The maximum Gasteiger partial charge on any atom is 0.101 e. The molecule has 3 heteroatoms. The van der Waals surface area contributed by atoms with Crippen LogP contribution in [0, 0.1) is 10.8 Å². The summed E-state index contributed by atoms with van der Waals surface area (Å²) in [5, 5.41) is 14.3. The van der Waals surface area contributed by atoms with Gasteiger partial charge in [0.05, 0.1) is 5.71 Å². The molecule has 0 rings (SSSR count). The summed E-state index contributed by atoms with van der Waals surface area (Å²) < 4.78 is 13.1. The van der Waals surface area contributed by atoms with Crippen molar-refractivity contribution in [2.45, 2.75) is 39.3 Å². The van der Waals surface area contributed by atoms with Crippen LogP contribution in [0.3, 0.4) is 0 Å². The van der Waals surface area contributed by atoms with Crippen LogP contribution in [-0.2, 0) is 0 Å². The van der Waals surface area contributed by atoms with E-state index in [2.05, 4.69) is 6.58 Å². The van der Waals surface area contributed by atoms with Crippen molar-refractivity contribution < 1.29 is 4.39 Å². The predicted octanol–water partition coefficient (Wildman–Crippen LogP) is 4.24. The lowest BCUT2D eigenvalue weighted by molar-refractivity contribution is 0.360. The Morgan fingerprint density at radius 2 is 2.06 bits per heavy atom. The quantitative estimate of drug-likeness (QED) is 0.468. The molecule has 0 aromatic carbocycles. The highest BCUT2D eigenvalue weighted by Gasteiger charge is 2.07. The van der Waals surface area contributed by atoms with Gasteiger partial charge in [-0.3, -0.25) is 0 Å². The topological polar surface area (TPSA) is 47.7 Å². The third kappa shape index (κ3) is 6.61. The van der Waals surface area contributed by atoms with Gasteiger partial charge in [0.15, 0.2) is 0 Å². The van der Waals surface area contributed by atoms with Crippen LogP contribution in [-0.4, -0.2) is 18.1 Å². The molecule has 0 aliphatic carbocycles. The number of rotatable bonds is 8. The SMILES string of the molecule is C=C/C=C(\CC(C)F)C(=CCC(=N)C=N)CC. The molecule has 0 aliphatic heterocycles. The van der Waals surface area contributed by atoms with E-state index in [1.165, 1.54) is 6.92 Å². The standard InChI is InChI=1S/C14H21FN2/c1-4-6-13(9-11(3)15)12(5-2)7-8-14(17)10-16/h4,6-7,10-11,16-17H,1,5,8-9H2,2-3H3/b12-7?,13-6+,16-10?,17-14?. The summed E-state index contributed by atoms with van der Waals surface area (Å²) in [5.41, 5.74) is 2.21. The van der Waals surface area contributed by atoms with Crippen LogP contribution in [0.15, 0.2) is 36.0 Å². The number of nitrogens with one attached hydrogen (secondary N) is 2. The summed E-state index contributed by atoms with van der Waals surface area (Å²) in [7, 11) is 0. The molecule has 17 heavy (non-hydrogen) atoms. The Morgan fingerprint density at radius 3 is 2.47 bits per heavy atom. The Labute approximate surface area is 103 Å². The zero-order valence-electron chi connectivity index (χ0n) is 10.6. The van der Waals surface area contributed by atoms with E-state index in [-0.39, 0.29) is 5.71 Å². The molecule has 0 saturated heterocycles. The van der Waals surface area contributed by atoms with Crippen molar-refractivity contribution in [1.82, 2.24) is 0 Å². The summed E-state index contributed by atoms with van der Waals surface area (Å²) in [6.07, 6.45) is 7.08. The van der Waals surface area contributed by atoms with Crippen molar-refractivity contribution in [2.24, 2.45) is 0 Å². The lowest BCUT2D eigenvalue weighted by atomic mass is 9.96. The van der Waals surface area contributed by atoms with E-state index < -0.39 is 6.17 Å². The predicted molar refractivity (Wildman–Crippen MR) is 73.0 cm³/mol. The molecule has 0 amide bonds. The Hall–Kier alpha value is -1.51. The molecule has 2 nitrogen and oxygen atoms in total. The molecule has 1 unspecified atom stereocenters. The summed E-state index contributed by atoms with van der Waals surface area (Å²) in [4.78, 5) is 0. The van der Waals surface area contributed by atoms with Gasteiger partial charge >= 0.3 is 0 Å². The monoisotopic (exact) mass is 236 g/mol. The minimum absolute atomic E-state index is 0.252. The Balaban J connectivity index is 4.89. The van der Waals surface area contributed by atoms with E-state index >= 15 is 0 Å². The van der Waals surface area contributed by atoms with E-state index in [0.29, 0.717) is 12.8 Å². The van der Waals surface area contributed by atoms with Crippen molar-refractivity contribution in [3.63, 3.8) is 0 Å². The van der Waals surface area contributed by atoms with Gasteiger partial charge < -0.3 is 10.8 Å². The minimum Gasteiger partial charge on any atom is -0.307 e. The average Bonchev–Trinajstić information content (AvgIpc) is 2.28. The average molecular weight is 236 g/mol. The first kappa shape index (κ1) is 15.5. The van der Waals surface area contributed by atoms with Crippen LogP contribution in [0.2, 0.25) is 0 Å². The summed E-state index contributed by atoms with van der Waals surface area (Å²) >= 11 is 0. The number of allylic oxidation sites excluding steroid dienone is 5. The maximum atomic E-state index is 13.1. The van der Waals surface area contributed by atoms with Crippen molar-refractivity contribution in [3.8, 4) is 0 Å². The fraction of sp³-hybridized carbons (Fsp3) is 0.429. The van der Waals surface area contributed by atoms with Gasteiger partial charge in [-0.2, -0.15) is 0 Å².